The second-order valence-corrected chi connectivity index (χ2v) is 8.70. The van der Waals surface area contributed by atoms with E-state index in [4.69, 9.17) is 19.8 Å². The molecule has 0 bridgehead atoms. The van der Waals surface area contributed by atoms with Crippen molar-refractivity contribution in [1.82, 2.24) is 0 Å². The van der Waals surface area contributed by atoms with Crippen molar-refractivity contribution in [1.29, 1.82) is 0 Å². The first-order valence-electron chi connectivity index (χ1n) is 11.8. The Morgan fingerprint density at radius 3 is 1.47 bits per heavy atom. The number of carboxylic acids is 2. The zero-order valence-corrected chi connectivity index (χ0v) is 20.2. The van der Waals surface area contributed by atoms with Crippen LogP contribution in [0, 0.1) is 11.6 Å². The zero-order chi connectivity index (χ0) is 27.1. The van der Waals surface area contributed by atoms with Gasteiger partial charge in [-0.1, -0.05) is 12.1 Å². The number of nitrogens with zero attached hydrogens (tertiary/aromatic N) is 2. The third kappa shape index (κ3) is 6.81. The lowest BCUT2D eigenvalue weighted by Crippen LogP contribution is -3.00. The molecule has 0 amide bonds. The number of aryl methyl sites for hydroxylation is 2. The van der Waals surface area contributed by atoms with Gasteiger partial charge in [-0.05, 0) is 72.2 Å². The van der Waals surface area contributed by atoms with E-state index >= 15 is 0 Å². The van der Waals surface area contributed by atoms with E-state index in [0.29, 0.717) is 0 Å². The van der Waals surface area contributed by atoms with Crippen molar-refractivity contribution in [3.63, 3.8) is 0 Å². The van der Waals surface area contributed by atoms with Crippen LogP contribution >= 0.6 is 0 Å². The fourth-order valence-corrected chi connectivity index (χ4v) is 4.45. The Balaban J connectivity index is 0.000000147. The third-order valence-corrected chi connectivity index (χ3v) is 6.16. The number of hydrogen-bond donors (Lipinski definition) is 2. The number of halogens is 2. The van der Waals surface area contributed by atoms with Gasteiger partial charge in [-0.3, -0.25) is 0 Å². The van der Waals surface area contributed by atoms with Gasteiger partial charge in [-0.25, -0.2) is 28.6 Å². The number of aliphatic carboxylic acids is 2. The van der Waals surface area contributed by atoms with Crippen molar-refractivity contribution in [3.05, 3.63) is 107 Å². The maximum atomic E-state index is 13.0. The van der Waals surface area contributed by atoms with Crippen LogP contribution in [-0.4, -0.2) is 24.6 Å². The van der Waals surface area contributed by atoms with Crippen LogP contribution in [0.4, 0.5) is 8.78 Å². The second kappa shape index (κ2) is 12.1. The maximum absolute atomic E-state index is 13.0. The molecule has 2 unspecified atom stereocenters. The highest BCUT2D eigenvalue weighted by atomic mass is 19.1. The lowest BCUT2D eigenvalue weighted by molar-refractivity contribution is -0.670. The van der Waals surface area contributed by atoms with Crippen molar-refractivity contribution in [3.8, 4) is 0 Å². The monoisotopic (exact) mass is 518 g/mol. The summed E-state index contributed by atoms with van der Waals surface area (Å²) in [6.07, 6.45) is 19.3. The lowest BCUT2D eigenvalue weighted by atomic mass is 10.1. The molecule has 2 N–H and O–H groups in total. The Kier molecular flexibility index (Phi) is 8.47. The van der Waals surface area contributed by atoms with Gasteiger partial charge in [-0.2, -0.15) is 0 Å². The van der Waals surface area contributed by atoms with Crippen LogP contribution in [0.1, 0.15) is 35.1 Å². The zero-order valence-electron chi connectivity index (χ0n) is 20.2. The van der Waals surface area contributed by atoms with E-state index in [9.17, 15) is 8.78 Å². The molecule has 2 heterocycles. The van der Waals surface area contributed by atoms with Crippen molar-refractivity contribution in [2.75, 3.05) is 0 Å². The molecule has 2 atom stereocenters. The molecule has 0 radical (unpaired) electrons. The van der Waals surface area contributed by atoms with E-state index in [1.807, 2.05) is 37.2 Å². The first kappa shape index (κ1) is 26.5. The Morgan fingerprint density at radius 2 is 1.13 bits per heavy atom. The number of nitrogens with one attached hydrogen (secondary N) is 2. The van der Waals surface area contributed by atoms with Gasteiger partial charge in [0.1, 0.15) is 36.4 Å². The number of aliphatic imine (C=N–C) groups is 2. The quantitative estimate of drug-likeness (QED) is 0.523. The summed E-state index contributed by atoms with van der Waals surface area (Å²) in [6, 6.07) is 10.1. The van der Waals surface area contributed by atoms with Gasteiger partial charge in [0.05, 0.1) is 24.3 Å². The Morgan fingerprint density at radius 1 is 0.711 bits per heavy atom. The first-order chi connectivity index (χ1) is 18.3. The number of carbonyl (C=O) groups excluding carboxylic acids is 2. The van der Waals surface area contributed by atoms with E-state index in [1.54, 1.807) is 24.5 Å². The number of allylic oxidation sites excluding steroid dienone is 2. The molecule has 6 rings (SSSR count). The van der Waals surface area contributed by atoms with Crippen molar-refractivity contribution in [2.24, 2.45) is 9.98 Å². The topological polar surface area (TPSA) is 114 Å². The molecular formula is C28H24F2N4O4. The van der Waals surface area contributed by atoms with Crippen LogP contribution in [0.25, 0.3) is 11.1 Å². The van der Waals surface area contributed by atoms with Gasteiger partial charge in [0.15, 0.2) is 12.7 Å². The summed E-state index contributed by atoms with van der Waals surface area (Å²) < 4.78 is 26.1. The van der Waals surface area contributed by atoms with Gasteiger partial charge in [0.2, 0.25) is 0 Å². The fourth-order valence-electron chi connectivity index (χ4n) is 4.45. The minimum Gasteiger partial charge on any atom is -0.543 e. The number of hydrogen-bond acceptors (Lipinski definition) is 6. The molecule has 2 aliphatic carbocycles. The van der Waals surface area contributed by atoms with Gasteiger partial charge in [0.25, 0.3) is 0 Å². The summed E-state index contributed by atoms with van der Waals surface area (Å²) in [7, 11) is 0. The Labute approximate surface area is 217 Å². The highest BCUT2D eigenvalue weighted by molar-refractivity contribution is 6.25. The molecule has 2 aromatic rings. The predicted molar refractivity (Wildman–Crippen MR) is 133 cm³/mol. The van der Waals surface area contributed by atoms with E-state index < -0.39 is 11.9 Å². The van der Waals surface area contributed by atoms with Gasteiger partial charge in [-0.15, -0.1) is 0 Å². The summed E-state index contributed by atoms with van der Waals surface area (Å²) in [4.78, 5) is 28.1. The maximum Gasteiger partial charge on any atom is 0.197 e. The molecule has 0 saturated carbocycles. The number of fused-ring (bicyclic) bond motifs is 2. The summed E-state index contributed by atoms with van der Waals surface area (Å²) in [5.41, 5.74) is 7.16. The van der Waals surface area contributed by atoms with E-state index in [0.717, 1.165) is 46.6 Å². The first-order valence-corrected chi connectivity index (χ1v) is 11.8. The van der Waals surface area contributed by atoms with Crippen LogP contribution in [0.2, 0.25) is 0 Å². The lowest BCUT2D eigenvalue weighted by Gasteiger charge is -2.02. The van der Waals surface area contributed by atoms with Crippen LogP contribution in [0.5, 0.6) is 0 Å². The largest absolute Gasteiger partial charge is 0.543 e. The minimum atomic E-state index is -2.19. The fraction of sp³-hybridized carbons (Fsp3) is 0.143. The Bertz CT molecular complexity index is 1290. The van der Waals surface area contributed by atoms with Crippen molar-refractivity contribution in [2.45, 2.75) is 25.7 Å². The SMILES string of the molecule is Fc1ccc2c(c1)CC/C2=C/[NH+]1C=CN=C1.Fc1ccc2c(c1)CC/C2=C/[NH+]1C=CN=C1.O=C([O-])C(=O)[O-]. The molecule has 10 heteroatoms. The number of carboxylic acid groups (broad SMARTS) is 2. The molecular weight excluding hydrogens is 494 g/mol. The highest BCUT2D eigenvalue weighted by Crippen LogP contribution is 2.32. The minimum absolute atomic E-state index is 0.144. The van der Waals surface area contributed by atoms with E-state index in [2.05, 4.69) is 22.4 Å². The van der Waals surface area contributed by atoms with Crippen LogP contribution in [0.15, 0.2) is 83.6 Å². The second-order valence-electron chi connectivity index (χ2n) is 8.70. The Hall–Kier alpha value is -4.54. The number of rotatable bonds is 2. The molecule has 0 spiro atoms. The average Bonchev–Trinajstić information content (AvgIpc) is 3.70. The van der Waals surface area contributed by atoms with Gasteiger partial charge in [0, 0.05) is 11.1 Å². The van der Waals surface area contributed by atoms with Gasteiger partial charge < -0.3 is 19.8 Å². The molecule has 2 aliphatic heterocycles. The molecule has 38 heavy (non-hydrogen) atoms. The molecule has 194 valence electrons. The molecule has 0 fully saturated rings. The van der Waals surface area contributed by atoms with E-state index in [1.165, 1.54) is 34.4 Å². The summed E-state index contributed by atoms with van der Waals surface area (Å²) in [6.45, 7) is 0. The van der Waals surface area contributed by atoms with E-state index in [-0.39, 0.29) is 11.6 Å². The number of quaternary nitrogens is 2. The molecule has 4 aliphatic rings. The molecule has 0 saturated heterocycles. The van der Waals surface area contributed by atoms with Crippen LogP contribution < -0.4 is 20.0 Å². The number of benzene rings is 2. The normalized spacial score (nSPS) is 21.6. The highest BCUT2D eigenvalue weighted by Gasteiger charge is 2.20. The average molecular weight is 519 g/mol. The number of carbonyl (C=O) groups is 2. The predicted octanol–water partition coefficient (Wildman–Crippen LogP) is -0.492. The molecule has 2 aromatic carbocycles. The van der Waals surface area contributed by atoms with Gasteiger partial charge >= 0.3 is 0 Å². The summed E-state index contributed by atoms with van der Waals surface area (Å²) in [5, 5.41) is 17.9. The van der Waals surface area contributed by atoms with Crippen molar-refractivity contribution >= 4 is 35.8 Å². The molecule has 0 aromatic heterocycles. The standard InChI is InChI=1S/2C13H11FN2.C2H2O4/c2*14-12-3-4-13-10(7-12)1-2-11(13)8-16-6-5-15-9-16;3-1(4)2(5)6/h2*3-9H,1-2H2;(H,3,4)(H,5,6)/b2*11-8-;. The smallest absolute Gasteiger partial charge is 0.197 e. The molecule has 8 nitrogen and oxygen atoms in total. The summed E-state index contributed by atoms with van der Waals surface area (Å²) in [5.74, 6) is -4.66. The van der Waals surface area contributed by atoms with Crippen LogP contribution in [-0.2, 0) is 22.4 Å². The summed E-state index contributed by atoms with van der Waals surface area (Å²) >= 11 is 0. The van der Waals surface area contributed by atoms with Crippen LogP contribution in [0.3, 0.4) is 0 Å². The van der Waals surface area contributed by atoms with Crippen molar-refractivity contribution < 1.29 is 38.4 Å². The third-order valence-electron chi connectivity index (χ3n) is 6.16.